The molecule has 3 heteroatoms. The van der Waals surface area contributed by atoms with E-state index >= 15 is 0 Å². The zero-order chi connectivity index (χ0) is 13.2. The summed E-state index contributed by atoms with van der Waals surface area (Å²) in [6.45, 7) is 8.59. The molecule has 1 N–H and O–H groups in total. The first-order valence-corrected chi connectivity index (χ1v) is 7.76. The molecule has 2 atom stereocenters. The van der Waals surface area contributed by atoms with E-state index < -0.39 is 0 Å². The van der Waals surface area contributed by atoms with Crippen LogP contribution in [0.2, 0.25) is 0 Å². The van der Waals surface area contributed by atoms with Crippen LogP contribution in [0, 0.1) is 0 Å². The maximum atomic E-state index is 5.75. The van der Waals surface area contributed by atoms with Crippen LogP contribution in [0.3, 0.4) is 0 Å². The average Bonchev–Trinajstić information content (AvgIpc) is 2.36. The van der Waals surface area contributed by atoms with Gasteiger partial charge in [0.25, 0.3) is 0 Å². The van der Waals surface area contributed by atoms with Gasteiger partial charge in [0.2, 0.25) is 0 Å². The second kappa shape index (κ2) is 9.76. The summed E-state index contributed by atoms with van der Waals surface area (Å²) in [4.78, 5) is 2.35. The molecule has 0 aromatic heterocycles. The second-order valence-corrected chi connectivity index (χ2v) is 5.77. The Kier molecular flexibility index (Phi) is 8.64. The Labute approximate surface area is 113 Å². The molecule has 1 heterocycles. The normalized spacial score (nSPS) is 23.2. The van der Waals surface area contributed by atoms with Gasteiger partial charge < -0.3 is 15.0 Å². The minimum Gasteiger partial charge on any atom is -0.374 e. The number of nitrogens with one attached hydrogen (secondary N) is 1. The minimum absolute atomic E-state index is 0.381. The zero-order valence-corrected chi connectivity index (χ0v) is 12.6. The number of unbranched alkanes of at least 4 members (excludes halogenated alkanes) is 4. The molecular weight excluding hydrogens is 224 g/mol. The fourth-order valence-corrected chi connectivity index (χ4v) is 2.48. The lowest BCUT2D eigenvalue weighted by molar-refractivity contribution is -0.0191. The lowest BCUT2D eigenvalue weighted by Gasteiger charge is -2.31. The molecule has 1 saturated heterocycles. The van der Waals surface area contributed by atoms with E-state index in [1.165, 1.54) is 38.5 Å². The van der Waals surface area contributed by atoms with Gasteiger partial charge in [-0.15, -0.1) is 0 Å². The largest absolute Gasteiger partial charge is 0.374 e. The first-order chi connectivity index (χ1) is 8.72. The Bertz CT molecular complexity index is 199. The fourth-order valence-electron chi connectivity index (χ4n) is 2.48. The number of rotatable bonds is 9. The third-order valence-corrected chi connectivity index (χ3v) is 3.78. The number of likely N-dealkylation sites (N-methyl/N-ethyl adjacent to an activating group) is 1. The van der Waals surface area contributed by atoms with Gasteiger partial charge in [0.15, 0.2) is 0 Å². The molecule has 3 nitrogen and oxygen atoms in total. The molecule has 2 unspecified atom stereocenters. The highest BCUT2D eigenvalue weighted by Gasteiger charge is 2.17. The quantitative estimate of drug-likeness (QED) is 0.642. The molecule has 18 heavy (non-hydrogen) atoms. The van der Waals surface area contributed by atoms with Gasteiger partial charge >= 0.3 is 0 Å². The molecule has 0 bridgehead atoms. The molecule has 0 spiro atoms. The minimum atomic E-state index is 0.381. The standard InChI is InChI=1S/C15H32N2O/c1-4-5-6-7-8-9-14(2)16-12-15-13-17(3)10-11-18-15/h14-16H,4-13H2,1-3H3. The highest BCUT2D eigenvalue weighted by molar-refractivity contribution is 4.73. The van der Waals surface area contributed by atoms with Crippen molar-refractivity contribution in [1.29, 1.82) is 0 Å². The van der Waals surface area contributed by atoms with Gasteiger partial charge in [-0.1, -0.05) is 39.0 Å². The summed E-state index contributed by atoms with van der Waals surface area (Å²) in [5.74, 6) is 0. The van der Waals surface area contributed by atoms with Crippen LogP contribution in [0.1, 0.15) is 52.4 Å². The number of hydrogen-bond acceptors (Lipinski definition) is 3. The van der Waals surface area contributed by atoms with Gasteiger partial charge in [-0.2, -0.15) is 0 Å². The van der Waals surface area contributed by atoms with Crippen LogP contribution >= 0.6 is 0 Å². The van der Waals surface area contributed by atoms with Crippen molar-refractivity contribution in [3.8, 4) is 0 Å². The van der Waals surface area contributed by atoms with E-state index in [1.54, 1.807) is 0 Å². The van der Waals surface area contributed by atoms with Gasteiger partial charge in [0, 0.05) is 25.7 Å². The van der Waals surface area contributed by atoms with Gasteiger partial charge in [-0.25, -0.2) is 0 Å². The maximum Gasteiger partial charge on any atom is 0.0826 e. The molecule has 0 aromatic carbocycles. The zero-order valence-electron chi connectivity index (χ0n) is 12.6. The van der Waals surface area contributed by atoms with Crippen molar-refractivity contribution < 1.29 is 4.74 Å². The van der Waals surface area contributed by atoms with E-state index in [9.17, 15) is 0 Å². The summed E-state index contributed by atoms with van der Waals surface area (Å²) < 4.78 is 5.75. The SMILES string of the molecule is CCCCCCCC(C)NCC1CN(C)CCO1. The fraction of sp³-hybridized carbons (Fsp3) is 1.00. The highest BCUT2D eigenvalue weighted by atomic mass is 16.5. The highest BCUT2D eigenvalue weighted by Crippen LogP contribution is 2.08. The van der Waals surface area contributed by atoms with Crippen LogP contribution in [0.15, 0.2) is 0 Å². The van der Waals surface area contributed by atoms with Crippen molar-refractivity contribution in [1.82, 2.24) is 10.2 Å². The molecule has 0 saturated carbocycles. The first kappa shape index (κ1) is 15.9. The third kappa shape index (κ3) is 7.34. The summed E-state index contributed by atoms with van der Waals surface area (Å²) in [7, 11) is 2.17. The summed E-state index contributed by atoms with van der Waals surface area (Å²) >= 11 is 0. The molecule has 1 rings (SSSR count). The number of nitrogens with zero attached hydrogens (tertiary/aromatic N) is 1. The Morgan fingerprint density at radius 3 is 2.78 bits per heavy atom. The number of morpholine rings is 1. The summed E-state index contributed by atoms with van der Waals surface area (Å²) in [5.41, 5.74) is 0. The monoisotopic (exact) mass is 256 g/mol. The van der Waals surface area contributed by atoms with Crippen LogP contribution in [0.5, 0.6) is 0 Å². The first-order valence-electron chi connectivity index (χ1n) is 7.76. The van der Waals surface area contributed by atoms with E-state index in [-0.39, 0.29) is 0 Å². The second-order valence-electron chi connectivity index (χ2n) is 5.77. The van der Waals surface area contributed by atoms with E-state index in [4.69, 9.17) is 4.74 Å². The summed E-state index contributed by atoms with van der Waals surface area (Å²) in [6, 6.07) is 0.627. The smallest absolute Gasteiger partial charge is 0.0826 e. The van der Waals surface area contributed by atoms with E-state index in [2.05, 4.69) is 31.1 Å². The lowest BCUT2D eigenvalue weighted by Crippen LogP contribution is -2.46. The Morgan fingerprint density at radius 2 is 2.06 bits per heavy atom. The molecule has 1 fully saturated rings. The van der Waals surface area contributed by atoms with Crippen LogP contribution < -0.4 is 5.32 Å². The van der Waals surface area contributed by atoms with Crippen LogP contribution in [0.4, 0.5) is 0 Å². The lowest BCUT2D eigenvalue weighted by atomic mass is 10.1. The van der Waals surface area contributed by atoms with E-state index in [0.29, 0.717) is 12.1 Å². The van der Waals surface area contributed by atoms with Crippen molar-refractivity contribution in [3.05, 3.63) is 0 Å². The molecule has 0 aliphatic carbocycles. The summed E-state index contributed by atoms with van der Waals surface area (Å²) in [6.07, 6.45) is 8.56. The van der Waals surface area contributed by atoms with Gasteiger partial charge in [-0.05, 0) is 20.4 Å². The Balaban J connectivity index is 1.97. The van der Waals surface area contributed by atoms with Crippen LogP contribution in [0.25, 0.3) is 0 Å². The van der Waals surface area contributed by atoms with E-state index in [0.717, 1.165) is 26.2 Å². The molecule has 0 aromatic rings. The molecule has 1 aliphatic rings. The molecule has 0 amide bonds. The van der Waals surface area contributed by atoms with Crippen molar-refractivity contribution in [2.75, 3.05) is 33.3 Å². The van der Waals surface area contributed by atoms with Crippen molar-refractivity contribution in [2.24, 2.45) is 0 Å². The Hall–Kier alpha value is -0.120. The third-order valence-electron chi connectivity index (χ3n) is 3.78. The predicted molar refractivity (Wildman–Crippen MR) is 78.1 cm³/mol. The number of ether oxygens (including phenoxy) is 1. The number of hydrogen-bond donors (Lipinski definition) is 1. The topological polar surface area (TPSA) is 24.5 Å². The molecule has 0 radical (unpaired) electrons. The van der Waals surface area contributed by atoms with Crippen molar-refractivity contribution in [2.45, 2.75) is 64.5 Å². The molecule has 108 valence electrons. The predicted octanol–water partition coefficient (Wildman–Crippen LogP) is 2.66. The van der Waals surface area contributed by atoms with E-state index in [1.807, 2.05) is 0 Å². The van der Waals surface area contributed by atoms with Crippen molar-refractivity contribution in [3.63, 3.8) is 0 Å². The van der Waals surface area contributed by atoms with Crippen LogP contribution in [-0.2, 0) is 4.74 Å². The van der Waals surface area contributed by atoms with Gasteiger partial charge in [0.1, 0.15) is 0 Å². The van der Waals surface area contributed by atoms with Gasteiger partial charge in [-0.3, -0.25) is 0 Å². The Morgan fingerprint density at radius 1 is 1.28 bits per heavy atom. The summed E-state index contributed by atoms with van der Waals surface area (Å²) in [5, 5.41) is 3.61. The average molecular weight is 256 g/mol. The molecule has 1 aliphatic heterocycles. The maximum absolute atomic E-state index is 5.75. The van der Waals surface area contributed by atoms with Crippen LogP contribution in [-0.4, -0.2) is 50.3 Å². The molecular formula is C15H32N2O. The van der Waals surface area contributed by atoms with Gasteiger partial charge in [0.05, 0.1) is 12.7 Å². The van der Waals surface area contributed by atoms with Crippen molar-refractivity contribution >= 4 is 0 Å².